The summed E-state index contributed by atoms with van der Waals surface area (Å²) in [4.78, 5) is 37.5. The largest absolute Gasteiger partial charge is 0.469 e. The SMILES string of the molecule is COC(=O)Cc1ccc(Nc2nc(N3CCC(N(C)C(C)=O)CC3)nc3c2[S@](=O)CCC3)cc1. The summed E-state index contributed by atoms with van der Waals surface area (Å²) in [6, 6.07) is 7.70. The number of nitrogens with one attached hydrogen (secondary N) is 1. The fourth-order valence-corrected chi connectivity index (χ4v) is 5.72. The molecule has 1 atom stereocenters. The number of amides is 1. The highest BCUT2D eigenvalue weighted by atomic mass is 32.2. The number of hydrogen-bond donors (Lipinski definition) is 1. The lowest BCUT2D eigenvalue weighted by molar-refractivity contribution is -0.139. The minimum absolute atomic E-state index is 0.0788. The number of fused-ring (bicyclic) bond motifs is 1. The van der Waals surface area contributed by atoms with Crippen molar-refractivity contribution in [3.63, 3.8) is 0 Å². The maximum absolute atomic E-state index is 12.9. The Morgan fingerprint density at radius 3 is 2.56 bits per heavy atom. The molecule has 3 heterocycles. The Kier molecular flexibility index (Phi) is 7.45. The minimum Gasteiger partial charge on any atom is -0.469 e. The van der Waals surface area contributed by atoms with Gasteiger partial charge in [-0.25, -0.2) is 4.98 Å². The van der Waals surface area contributed by atoms with Crippen LogP contribution in [-0.2, 0) is 38.0 Å². The van der Waals surface area contributed by atoms with Gasteiger partial charge >= 0.3 is 5.97 Å². The Bertz CT molecular complexity index is 1080. The normalized spacial score (nSPS) is 18.2. The van der Waals surface area contributed by atoms with Gasteiger partial charge in [0.25, 0.3) is 0 Å². The molecule has 0 saturated carbocycles. The van der Waals surface area contributed by atoms with Crippen LogP contribution >= 0.6 is 0 Å². The number of aryl methyl sites for hydroxylation is 1. The molecule has 34 heavy (non-hydrogen) atoms. The molecule has 10 heteroatoms. The van der Waals surface area contributed by atoms with Crippen molar-refractivity contribution in [2.24, 2.45) is 0 Å². The Hall–Kier alpha value is -3.01. The van der Waals surface area contributed by atoms with E-state index in [1.165, 1.54) is 7.11 Å². The van der Waals surface area contributed by atoms with Crippen LogP contribution in [0.2, 0.25) is 0 Å². The first kappa shape index (κ1) is 24.1. The number of rotatable bonds is 6. The molecule has 0 spiro atoms. The summed E-state index contributed by atoms with van der Waals surface area (Å²) in [5, 5.41) is 3.34. The second-order valence-corrected chi connectivity index (χ2v) is 10.2. The fraction of sp³-hybridized carbons (Fsp3) is 0.500. The average molecular weight is 486 g/mol. The van der Waals surface area contributed by atoms with Gasteiger partial charge in [0.05, 0.1) is 30.0 Å². The summed E-state index contributed by atoms with van der Waals surface area (Å²) < 4.78 is 17.6. The Balaban J connectivity index is 1.56. The summed E-state index contributed by atoms with van der Waals surface area (Å²) in [6.45, 7) is 3.11. The van der Waals surface area contributed by atoms with Gasteiger partial charge in [0.1, 0.15) is 4.90 Å². The van der Waals surface area contributed by atoms with Gasteiger partial charge in [-0.15, -0.1) is 0 Å². The fourth-order valence-electron chi connectivity index (χ4n) is 4.38. The first-order chi connectivity index (χ1) is 16.4. The number of ether oxygens (including phenoxy) is 1. The van der Waals surface area contributed by atoms with E-state index in [4.69, 9.17) is 14.7 Å². The van der Waals surface area contributed by atoms with E-state index in [-0.39, 0.29) is 24.3 Å². The number of hydrogen-bond acceptors (Lipinski definition) is 8. The molecule has 0 bridgehead atoms. The van der Waals surface area contributed by atoms with Gasteiger partial charge in [-0.3, -0.25) is 13.8 Å². The first-order valence-corrected chi connectivity index (χ1v) is 12.9. The molecule has 1 fully saturated rings. The van der Waals surface area contributed by atoms with Crippen molar-refractivity contribution in [1.29, 1.82) is 0 Å². The molecule has 1 N–H and O–H groups in total. The highest BCUT2D eigenvalue weighted by Gasteiger charge is 2.29. The Morgan fingerprint density at radius 2 is 1.91 bits per heavy atom. The number of methoxy groups -OCH3 is 1. The van der Waals surface area contributed by atoms with Crippen LogP contribution < -0.4 is 10.2 Å². The number of benzene rings is 1. The number of piperidine rings is 1. The predicted molar refractivity (Wildman–Crippen MR) is 131 cm³/mol. The van der Waals surface area contributed by atoms with Gasteiger partial charge in [0.2, 0.25) is 11.9 Å². The summed E-state index contributed by atoms with van der Waals surface area (Å²) in [5.74, 6) is 1.60. The Labute approximate surface area is 202 Å². The van der Waals surface area contributed by atoms with E-state index in [1.54, 1.807) is 6.92 Å². The monoisotopic (exact) mass is 485 g/mol. The van der Waals surface area contributed by atoms with Crippen LogP contribution in [0.3, 0.4) is 0 Å². The molecule has 0 aliphatic carbocycles. The zero-order valence-corrected chi connectivity index (χ0v) is 20.7. The molecule has 0 unspecified atom stereocenters. The predicted octanol–water partition coefficient (Wildman–Crippen LogP) is 2.44. The molecule has 4 rings (SSSR count). The van der Waals surface area contributed by atoms with Crippen molar-refractivity contribution in [3.8, 4) is 0 Å². The lowest BCUT2D eigenvalue weighted by Gasteiger charge is -2.36. The lowest BCUT2D eigenvalue weighted by Crippen LogP contribution is -2.45. The third-order valence-electron chi connectivity index (χ3n) is 6.48. The molecular weight excluding hydrogens is 454 g/mol. The Morgan fingerprint density at radius 1 is 1.21 bits per heavy atom. The van der Waals surface area contributed by atoms with E-state index < -0.39 is 10.8 Å². The molecule has 1 saturated heterocycles. The smallest absolute Gasteiger partial charge is 0.309 e. The van der Waals surface area contributed by atoms with Crippen LogP contribution in [0.25, 0.3) is 0 Å². The zero-order valence-electron chi connectivity index (χ0n) is 19.9. The van der Waals surface area contributed by atoms with Crippen molar-refractivity contribution in [2.75, 3.05) is 43.2 Å². The standard InChI is InChI=1S/C24H31N5O4S/c1-16(30)28(2)19-10-12-29(13-11-19)24-26-20-5-4-14-34(32)22(20)23(27-24)25-18-8-6-17(7-9-18)15-21(31)33-3/h6-9,19H,4-5,10-15H2,1-3H3,(H,25,26,27)/t34-/m1/s1. The van der Waals surface area contributed by atoms with Crippen molar-refractivity contribution < 1.29 is 18.5 Å². The van der Waals surface area contributed by atoms with Crippen LogP contribution in [0, 0.1) is 0 Å². The molecule has 2 aliphatic heterocycles. The van der Waals surface area contributed by atoms with Gasteiger partial charge in [0, 0.05) is 44.5 Å². The van der Waals surface area contributed by atoms with Gasteiger partial charge < -0.3 is 19.9 Å². The summed E-state index contributed by atoms with van der Waals surface area (Å²) in [5.41, 5.74) is 2.48. The van der Waals surface area contributed by atoms with Gasteiger partial charge in [0.15, 0.2) is 5.82 Å². The molecule has 2 aromatic rings. The number of carbonyl (C=O) groups excluding carboxylic acids is 2. The van der Waals surface area contributed by atoms with Crippen LogP contribution in [-0.4, -0.2) is 70.0 Å². The molecule has 1 amide bonds. The molecular formula is C24H31N5O4S. The highest BCUT2D eigenvalue weighted by Crippen LogP contribution is 2.32. The molecule has 2 aliphatic rings. The first-order valence-electron chi connectivity index (χ1n) is 11.6. The minimum atomic E-state index is -1.16. The van der Waals surface area contributed by atoms with E-state index in [1.807, 2.05) is 36.2 Å². The quantitative estimate of drug-likeness (QED) is 0.622. The van der Waals surface area contributed by atoms with Gasteiger partial charge in [-0.05, 0) is 43.4 Å². The van der Waals surface area contributed by atoms with E-state index in [9.17, 15) is 13.8 Å². The van der Waals surface area contributed by atoms with Crippen LogP contribution in [0.5, 0.6) is 0 Å². The molecule has 1 aromatic carbocycles. The zero-order chi connectivity index (χ0) is 24.2. The topological polar surface area (TPSA) is 105 Å². The van der Waals surface area contributed by atoms with Crippen LogP contribution in [0.4, 0.5) is 17.5 Å². The van der Waals surface area contributed by atoms with Crippen molar-refractivity contribution in [2.45, 2.75) is 50.0 Å². The van der Waals surface area contributed by atoms with Crippen molar-refractivity contribution in [3.05, 3.63) is 35.5 Å². The maximum atomic E-state index is 12.9. The number of carbonyl (C=O) groups is 2. The van der Waals surface area contributed by atoms with Gasteiger partial charge in [-0.2, -0.15) is 4.98 Å². The van der Waals surface area contributed by atoms with E-state index in [0.29, 0.717) is 22.4 Å². The number of nitrogens with zero attached hydrogens (tertiary/aromatic N) is 4. The number of aromatic nitrogens is 2. The van der Waals surface area contributed by atoms with Crippen molar-refractivity contribution in [1.82, 2.24) is 14.9 Å². The highest BCUT2D eigenvalue weighted by molar-refractivity contribution is 7.85. The average Bonchev–Trinajstić information content (AvgIpc) is 2.84. The summed E-state index contributed by atoms with van der Waals surface area (Å²) in [6.07, 6.45) is 3.53. The van der Waals surface area contributed by atoms with E-state index in [2.05, 4.69) is 10.2 Å². The van der Waals surface area contributed by atoms with Crippen molar-refractivity contribution >= 4 is 40.1 Å². The molecule has 9 nitrogen and oxygen atoms in total. The number of esters is 1. The summed E-state index contributed by atoms with van der Waals surface area (Å²) >= 11 is 0. The lowest BCUT2D eigenvalue weighted by atomic mass is 10.0. The molecule has 182 valence electrons. The van der Waals surface area contributed by atoms with Crippen LogP contribution in [0.15, 0.2) is 29.2 Å². The number of anilines is 3. The van der Waals surface area contributed by atoms with E-state index in [0.717, 1.165) is 55.7 Å². The summed E-state index contributed by atoms with van der Waals surface area (Å²) in [7, 11) is 2.07. The third kappa shape index (κ3) is 5.38. The third-order valence-corrected chi connectivity index (χ3v) is 8.02. The molecule has 1 aromatic heterocycles. The maximum Gasteiger partial charge on any atom is 0.309 e. The second-order valence-electron chi connectivity index (χ2n) is 8.72. The van der Waals surface area contributed by atoms with Crippen LogP contribution in [0.1, 0.15) is 37.4 Å². The van der Waals surface area contributed by atoms with E-state index >= 15 is 0 Å². The second kappa shape index (κ2) is 10.5. The van der Waals surface area contributed by atoms with Gasteiger partial charge in [-0.1, -0.05) is 12.1 Å². The molecule has 0 radical (unpaired) electrons.